The van der Waals surface area contributed by atoms with Gasteiger partial charge >= 0.3 is 0 Å². The Morgan fingerprint density at radius 2 is 2.08 bits per heavy atom. The van der Waals surface area contributed by atoms with Crippen molar-refractivity contribution in [3.63, 3.8) is 0 Å². The predicted molar refractivity (Wildman–Crippen MR) is 50.4 cm³/mol. The molecule has 0 aromatic heterocycles. The van der Waals surface area contributed by atoms with Crippen molar-refractivity contribution in [3.05, 3.63) is 10.1 Å². The molecule has 0 unspecified atom stereocenters. The van der Waals surface area contributed by atoms with Gasteiger partial charge in [0.2, 0.25) is 0 Å². The molecule has 2 N–H and O–H groups in total. The maximum Gasteiger partial charge on any atom is 0.259 e. The van der Waals surface area contributed by atoms with E-state index in [1.54, 1.807) is 0 Å². The summed E-state index contributed by atoms with van der Waals surface area (Å²) in [6, 6.07) is 0.230. The van der Waals surface area contributed by atoms with Crippen LogP contribution in [0.25, 0.3) is 0 Å². The number of nitrogens with two attached hydrogens (primary N) is 1. The molecule has 0 aromatic rings. The first-order valence-electron chi connectivity index (χ1n) is 4.62. The number of hydrogen-bond donors (Lipinski definition) is 1. The van der Waals surface area contributed by atoms with Gasteiger partial charge in [-0.2, -0.15) is 0 Å². The van der Waals surface area contributed by atoms with Gasteiger partial charge in [-0.3, -0.25) is 15.1 Å². The Morgan fingerprint density at radius 1 is 1.46 bits per heavy atom. The van der Waals surface area contributed by atoms with Crippen molar-refractivity contribution in [1.29, 1.82) is 0 Å². The topological polar surface area (TPSA) is 81.5 Å². The summed E-state index contributed by atoms with van der Waals surface area (Å²) in [5, 5.41) is 10.1. The highest BCUT2D eigenvalue weighted by atomic mass is 16.6. The first-order chi connectivity index (χ1) is 6.18. The van der Waals surface area contributed by atoms with E-state index in [4.69, 9.17) is 5.73 Å². The zero-order chi connectivity index (χ0) is 9.68. The van der Waals surface area contributed by atoms with E-state index in [0.29, 0.717) is 0 Å². The number of aliphatic imine (C=N–C) groups is 1. The van der Waals surface area contributed by atoms with Crippen LogP contribution in [0.4, 0.5) is 0 Å². The molecule has 0 amide bonds. The fourth-order valence-electron chi connectivity index (χ4n) is 1.62. The Bertz CT molecular complexity index is 209. The van der Waals surface area contributed by atoms with E-state index in [0.717, 1.165) is 12.8 Å². The number of nitro groups is 1. The molecule has 1 saturated carbocycles. The summed E-state index contributed by atoms with van der Waals surface area (Å²) >= 11 is 0. The van der Waals surface area contributed by atoms with Crippen molar-refractivity contribution in [2.24, 2.45) is 10.7 Å². The molecule has 5 nitrogen and oxygen atoms in total. The molecule has 0 atom stereocenters. The second-order valence-electron chi connectivity index (χ2n) is 3.40. The quantitative estimate of drug-likeness (QED) is 0.307. The van der Waals surface area contributed by atoms with E-state index >= 15 is 0 Å². The molecule has 0 heterocycles. The van der Waals surface area contributed by atoms with Crippen molar-refractivity contribution in [1.82, 2.24) is 0 Å². The molecule has 1 fully saturated rings. The van der Waals surface area contributed by atoms with Crippen LogP contribution in [0.3, 0.4) is 0 Å². The minimum atomic E-state index is -0.443. The van der Waals surface area contributed by atoms with Crippen LogP contribution in [0.1, 0.15) is 32.1 Å². The van der Waals surface area contributed by atoms with Crippen LogP contribution in [0.15, 0.2) is 4.99 Å². The third kappa shape index (κ3) is 3.87. The Kier molecular flexibility index (Phi) is 3.67. The van der Waals surface area contributed by atoms with Gasteiger partial charge in [0.15, 0.2) is 5.84 Å². The molecule has 5 heteroatoms. The van der Waals surface area contributed by atoms with Gasteiger partial charge in [0.05, 0.1) is 6.04 Å². The van der Waals surface area contributed by atoms with Crippen LogP contribution in [0.2, 0.25) is 0 Å². The van der Waals surface area contributed by atoms with Crippen LogP contribution in [-0.4, -0.2) is 23.3 Å². The van der Waals surface area contributed by atoms with Crippen LogP contribution < -0.4 is 5.73 Å². The van der Waals surface area contributed by atoms with Gasteiger partial charge in [0, 0.05) is 4.92 Å². The maximum absolute atomic E-state index is 10.1. The summed E-state index contributed by atoms with van der Waals surface area (Å²) in [5.41, 5.74) is 5.41. The van der Waals surface area contributed by atoms with Crippen LogP contribution >= 0.6 is 0 Å². The van der Waals surface area contributed by atoms with Gasteiger partial charge in [-0.05, 0) is 12.8 Å². The van der Waals surface area contributed by atoms with E-state index in [9.17, 15) is 10.1 Å². The smallest absolute Gasteiger partial charge is 0.259 e. The van der Waals surface area contributed by atoms with Gasteiger partial charge < -0.3 is 5.73 Å². The maximum atomic E-state index is 10.1. The van der Waals surface area contributed by atoms with Crippen molar-refractivity contribution in [3.8, 4) is 0 Å². The lowest BCUT2D eigenvalue weighted by Gasteiger charge is -2.17. The zero-order valence-electron chi connectivity index (χ0n) is 7.61. The van der Waals surface area contributed by atoms with Crippen molar-refractivity contribution in [2.45, 2.75) is 38.1 Å². The van der Waals surface area contributed by atoms with Gasteiger partial charge in [0.1, 0.15) is 0 Å². The highest BCUT2D eigenvalue weighted by Gasteiger charge is 2.13. The molecule has 13 heavy (non-hydrogen) atoms. The number of nitrogens with zero attached hydrogens (tertiary/aromatic N) is 2. The molecule has 1 aliphatic rings. The molecular weight excluding hydrogens is 170 g/mol. The molecule has 0 spiro atoms. The van der Waals surface area contributed by atoms with Gasteiger partial charge in [-0.15, -0.1) is 0 Å². The fraction of sp³-hybridized carbons (Fsp3) is 0.875. The highest BCUT2D eigenvalue weighted by Crippen LogP contribution is 2.19. The number of hydrogen-bond acceptors (Lipinski definition) is 3. The third-order valence-corrected chi connectivity index (χ3v) is 2.21. The predicted octanol–water partition coefficient (Wildman–Crippen LogP) is 0.953. The summed E-state index contributed by atoms with van der Waals surface area (Å²) in [7, 11) is 0. The molecule has 1 rings (SSSR count). The normalized spacial score (nSPS) is 20.2. The monoisotopic (exact) mass is 185 g/mol. The average molecular weight is 185 g/mol. The lowest BCUT2D eigenvalue weighted by molar-refractivity contribution is -0.463. The zero-order valence-corrected chi connectivity index (χ0v) is 7.61. The van der Waals surface area contributed by atoms with Gasteiger partial charge in [-0.25, -0.2) is 0 Å². The standard InChI is InChI=1S/C8H15N3O2/c9-8(6-11(12)13)10-7-4-2-1-3-5-7/h7H,1-6H2,(H2,9,10). The molecule has 74 valence electrons. The fourth-order valence-corrected chi connectivity index (χ4v) is 1.62. The SMILES string of the molecule is NC(C[N+](=O)[O-])=NC1CCCCC1. The van der Waals surface area contributed by atoms with Gasteiger partial charge in [0.25, 0.3) is 6.54 Å². The van der Waals surface area contributed by atoms with Crippen LogP contribution in [0.5, 0.6) is 0 Å². The van der Waals surface area contributed by atoms with Crippen LogP contribution in [-0.2, 0) is 0 Å². The van der Waals surface area contributed by atoms with E-state index in [1.165, 1.54) is 19.3 Å². The first kappa shape index (κ1) is 9.95. The highest BCUT2D eigenvalue weighted by molar-refractivity contribution is 5.81. The summed E-state index contributed by atoms with van der Waals surface area (Å²) < 4.78 is 0. The molecular formula is C8H15N3O2. The van der Waals surface area contributed by atoms with Gasteiger partial charge in [-0.1, -0.05) is 19.3 Å². The molecule has 0 radical (unpaired) electrons. The Morgan fingerprint density at radius 3 is 2.62 bits per heavy atom. The summed E-state index contributed by atoms with van der Waals surface area (Å²) in [6.07, 6.45) is 5.64. The second-order valence-corrected chi connectivity index (χ2v) is 3.40. The van der Waals surface area contributed by atoms with Crippen molar-refractivity contribution >= 4 is 5.84 Å². The van der Waals surface area contributed by atoms with Crippen molar-refractivity contribution < 1.29 is 4.92 Å². The molecule has 0 aliphatic heterocycles. The van der Waals surface area contributed by atoms with E-state index in [1.807, 2.05) is 0 Å². The Hall–Kier alpha value is -1.13. The molecule has 1 aliphatic carbocycles. The minimum absolute atomic E-state index is 0.164. The number of amidine groups is 1. The molecule has 0 saturated heterocycles. The summed E-state index contributed by atoms with van der Waals surface area (Å²) in [5.74, 6) is 0.164. The summed E-state index contributed by atoms with van der Waals surface area (Å²) in [4.78, 5) is 13.8. The lowest BCUT2D eigenvalue weighted by atomic mass is 9.96. The Labute approximate surface area is 77.2 Å². The lowest BCUT2D eigenvalue weighted by Crippen LogP contribution is -2.25. The molecule has 0 aromatic carbocycles. The van der Waals surface area contributed by atoms with E-state index < -0.39 is 4.92 Å². The minimum Gasteiger partial charge on any atom is -0.382 e. The third-order valence-electron chi connectivity index (χ3n) is 2.21. The Balaban J connectivity index is 2.38. The molecule has 0 bridgehead atoms. The summed E-state index contributed by atoms with van der Waals surface area (Å²) in [6.45, 7) is -0.323. The largest absolute Gasteiger partial charge is 0.382 e. The van der Waals surface area contributed by atoms with E-state index in [-0.39, 0.29) is 18.4 Å². The first-order valence-corrected chi connectivity index (χ1v) is 4.62. The van der Waals surface area contributed by atoms with Crippen molar-refractivity contribution in [2.75, 3.05) is 6.54 Å². The number of rotatable bonds is 3. The van der Waals surface area contributed by atoms with E-state index in [2.05, 4.69) is 4.99 Å². The van der Waals surface area contributed by atoms with Crippen LogP contribution in [0, 0.1) is 10.1 Å². The average Bonchev–Trinajstić information content (AvgIpc) is 2.04. The second kappa shape index (κ2) is 4.79.